The Morgan fingerprint density at radius 3 is 0.817 bits per heavy atom. The minimum Gasteiger partial charge on any atom is -0.462 e. The summed E-state index contributed by atoms with van der Waals surface area (Å²) in [6.07, 6.45) is 72.9. The highest BCUT2D eigenvalue weighted by Crippen LogP contribution is 2.18. The molecule has 0 saturated heterocycles. The van der Waals surface area contributed by atoms with E-state index in [0.717, 1.165) is 70.6 Å². The molecule has 0 rings (SSSR count). The number of esters is 3. The van der Waals surface area contributed by atoms with Gasteiger partial charge < -0.3 is 14.2 Å². The highest BCUT2D eigenvalue weighted by atomic mass is 16.6. The number of rotatable bonds is 58. The van der Waals surface area contributed by atoms with Gasteiger partial charge in [-0.15, -0.1) is 0 Å². The molecule has 0 radical (unpaired) electrons. The maximum Gasteiger partial charge on any atom is 0.306 e. The van der Waals surface area contributed by atoms with E-state index in [1.54, 1.807) is 0 Å². The van der Waals surface area contributed by atoms with Crippen LogP contribution in [0.4, 0.5) is 0 Å². The standard InChI is InChI=1S/C65H120O6/c1-4-7-10-13-16-19-22-25-28-30-32-34-37-40-43-46-49-52-55-58-64(67)70-61-62(60-69-63(66)57-54-51-48-45-42-39-36-27-24-21-18-15-12-9-6-3)71-65(68)59-56-53-50-47-44-41-38-35-33-31-29-26-23-20-17-14-11-8-5-2/h18,21,27,36,42,45,62H,4-17,19-20,22-26,28-35,37-41,43-44,46-61H2,1-3H3/b21-18-,36-27-,45-42-/t62-/m1/s1. The number of hydrogen-bond donors (Lipinski definition) is 0. The lowest BCUT2D eigenvalue weighted by Gasteiger charge is -2.18. The Kier molecular flexibility index (Phi) is 58.2. The van der Waals surface area contributed by atoms with Gasteiger partial charge in [-0.3, -0.25) is 14.4 Å². The molecule has 0 heterocycles. The van der Waals surface area contributed by atoms with Gasteiger partial charge in [-0.05, 0) is 57.8 Å². The molecular formula is C65H120O6. The number of allylic oxidation sites excluding steroid dienone is 6. The second kappa shape index (κ2) is 60.2. The smallest absolute Gasteiger partial charge is 0.306 e. The van der Waals surface area contributed by atoms with Gasteiger partial charge in [0.25, 0.3) is 0 Å². The Labute approximate surface area is 442 Å². The summed E-state index contributed by atoms with van der Waals surface area (Å²) in [7, 11) is 0. The molecule has 0 unspecified atom stereocenters. The van der Waals surface area contributed by atoms with E-state index in [9.17, 15) is 14.4 Å². The molecule has 71 heavy (non-hydrogen) atoms. The lowest BCUT2D eigenvalue weighted by molar-refractivity contribution is -0.167. The van der Waals surface area contributed by atoms with Crippen molar-refractivity contribution in [1.82, 2.24) is 0 Å². The molecule has 0 aliphatic carbocycles. The molecule has 0 aliphatic heterocycles. The van der Waals surface area contributed by atoms with Crippen LogP contribution in [0.5, 0.6) is 0 Å². The van der Waals surface area contributed by atoms with Crippen LogP contribution in [0.1, 0.15) is 342 Å². The second-order valence-electron chi connectivity index (χ2n) is 21.3. The predicted molar refractivity (Wildman–Crippen MR) is 307 cm³/mol. The van der Waals surface area contributed by atoms with Gasteiger partial charge in [0, 0.05) is 19.3 Å². The average Bonchev–Trinajstić information content (AvgIpc) is 3.37. The van der Waals surface area contributed by atoms with E-state index in [0.29, 0.717) is 19.3 Å². The van der Waals surface area contributed by atoms with Gasteiger partial charge in [-0.2, -0.15) is 0 Å². The van der Waals surface area contributed by atoms with Gasteiger partial charge in [0.2, 0.25) is 0 Å². The fourth-order valence-corrected chi connectivity index (χ4v) is 9.39. The minimum atomic E-state index is -0.784. The van der Waals surface area contributed by atoms with Gasteiger partial charge >= 0.3 is 17.9 Å². The van der Waals surface area contributed by atoms with Crippen LogP contribution in [0.15, 0.2) is 36.5 Å². The van der Waals surface area contributed by atoms with E-state index in [2.05, 4.69) is 57.2 Å². The molecule has 0 bridgehead atoms. The van der Waals surface area contributed by atoms with Crippen molar-refractivity contribution >= 4 is 17.9 Å². The van der Waals surface area contributed by atoms with Crippen LogP contribution in [-0.4, -0.2) is 37.2 Å². The van der Waals surface area contributed by atoms with Crippen molar-refractivity contribution in [2.75, 3.05) is 13.2 Å². The van der Waals surface area contributed by atoms with E-state index in [4.69, 9.17) is 14.2 Å². The Hall–Kier alpha value is -2.37. The van der Waals surface area contributed by atoms with Crippen molar-refractivity contribution in [3.63, 3.8) is 0 Å². The summed E-state index contributed by atoms with van der Waals surface area (Å²) in [5.41, 5.74) is 0. The molecule has 1 atom stereocenters. The first kappa shape index (κ1) is 68.6. The van der Waals surface area contributed by atoms with Gasteiger partial charge in [0.05, 0.1) is 0 Å². The molecule has 0 amide bonds. The molecule has 6 nitrogen and oxygen atoms in total. The van der Waals surface area contributed by atoms with Gasteiger partial charge in [-0.25, -0.2) is 0 Å². The lowest BCUT2D eigenvalue weighted by Crippen LogP contribution is -2.30. The van der Waals surface area contributed by atoms with Crippen molar-refractivity contribution < 1.29 is 28.6 Å². The Morgan fingerprint density at radius 2 is 0.507 bits per heavy atom. The van der Waals surface area contributed by atoms with E-state index >= 15 is 0 Å². The zero-order chi connectivity index (χ0) is 51.4. The Balaban J connectivity index is 4.34. The van der Waals surface area contributed by atoms with Crippen molar-refractivity contribution in [2.24, 2.45) is 0 Å². The Bertz CT molecular complexity index is 1190. The number of carbonyl (C=O) groups excluding carboxylic acids is 3. The normalized spacial score (nSPS) is 12.2. The van der Waals surface area contributed by atoms with Crippen LogP contribution in [0.2, 0.25) is 0 Å². The topological polar surface area (TPSA) is 78.9 Å². The highest BCUT2D eigenvalue weighted by Gasteiger charge is 2.19. The minimum absolute atomic E-state index is 0.0787. The summed E-state index contributed by atoms with van der Waals surface area (Å²) < 4.78 is 16.9. The number of carbonyl (C=O) groups is 3. The fourth-order valence-electron chi connectivity index (χ4n) is 9.39. The molecular weight excluding hydrogens is 877 g/mol. The number of hydrogen-bond acceptors (Lipinski definition) is 6. The van der Waals surface area contributed by atoms with Gasteiger partial charge in [0.15, 0.2) is 6.10 Å². The third-order valence-corrected chi connectivity index (χ3v) is 14.1. The monoisotopic (exact) mass is 997 g/mol. The maximum absolute atomic E-state index is 12.9. The molecule has 416 valence electrons. The summed E-state index contributed by atoms with van der Waals surface area (Å²) in [6, 6.07) is 0. The molecule has 6 heteroatoms. The average molecular weight is 998 g/mol. The molecule has 0 aromatic carbocycles. The van der Waals surface area contributed by atoms with Gasteiger partial charge in [0.1, 0.15) is 13.2 Å². The molecule has 0 fully saturated rings. The first-order valence-corrected chi connectivity index (χ1v) is 31.5. The Morgan fingerprint density at radius 1 is 0.282 bits per heavy atom. The second-order valence-corrected chi connectivity index (χ2v) is 21.3. The van der Waals surface area contributed by atoms with Crippen LogP contribution in [-0.2, 0) is 28.6 Å². The molecule has 0 aliphatic rings. The SMILES string of the molecule is CCCCC/C=C\C/C=C\C/C=C\CCCCC(=O)OC[C@H](COC(=O)CCCCCCCCCCCCCCCCCCCCC)OC(=O)CCCCCCCCCCCCCCCCCCCCC. The zero-order valence-electron chi connectivity index (χ0n) is 47.8. The first-order chi connectivity index (χ1) is 35.0. The van der Waals surface area contributed by atoms with E-state index in [-0.39, 0.29) is 31.1 Å². The van der Waals surface area contributed by atoms with Crippen LogP contribution in [0.25, 0.3) is 0 Å². The third-order valence-electron chi connectivity index (χ3n) is 14.1. The number of unbranched alkanes of at least 4 members (excludes halogenated alkanes) is 41. The third kappa shape index (κ3) is 58.4. The van der Waals surface area contributed by atoms with Crippen LogP contribution >= 0.6 is 0 Å². The molecule has 0 aromatic heterocycles. The summed E-state index contributed by atoms with van der Waals surface area (Å²) in [6.45, 7) is 6.64. The van der Waals surface area contributed by atoms with E-state index in [1.807, 2.05) is 0 Å². The van der Waals surface area contributed by atoms with Crippen molar-refractivity contribution in [3.05, 3.63) is 36.5 Å². The zero-order valence-corrected chi connectivity index (χ0v) is 47.8. The largest absolute Gasteiger partial charge is 0.462 e. The van der Waals surface area contributed by atoms with Crippen molar-refractivity contribution in [3.8, 4) is 0 Å². The summed E-state index contributed by atoms with van der Waals surface area (Å²) in [4.78, 5) is 38.3. The quantitative estimate of drug-likeness (QED) is 0.0261. The van der Waals surface area contributed by atoms with Crippen LogP contribution in [0, 0.1) is 0 Å². The molecule has 0 spiro atoms. The summed E-state index contributed by atoms with van der Waals surface area (Å²) in [5.74, 6) is -0.894. The predicted octanol–water partition coefficient (Wildman–Crippen LogP) is 21.2. The van der Waals surface area contributed by atoms with Crippen molar-refractivity contribution in [1.29, 1.82) is 0 Å². The fraction of sp³-hybridized carbons (Fsp3) is 0.862. The van der Waals surface area contributed by atoms with E-state index < -0.39 is 6.10 Å². The van der Waals surface area contributed by atoms with Crippen LogP contribution < -0.4 is 0 Å². The van der Waals surface area contributed by atoms with E-state index in [1.165, 1.54) is 231 Å². The summed E-state index contributed by atoms with van der Waals surface area (Å²) in [5, 5.41) is 0. The highest BCUT2D eigenvalue weighted by molar-refractivity contribution is 5.71. The molecule has 0 aromatic rings. The van der Waals surface area contributed by atoms with Crippen molar-refractivity contribution in [2.45, 2.75) is 348 Å². The number of ether oxygens (including phenoxy) is 3. The molecule has 0 saturated carbocycles. The molecule has 0 N–H and O–H groups in total. The van der Waals surface area contributed by atoms with Gasteiger partial charge in [-0.1, -0.05) is 301 Å². The maximum atomic E-state index is 12.9. The van der Waals surface area contributed by atoms with Crippen LogP contribution in [0.3, 0.4) is 0 Å². The first-order valence-electron chi connectivity index (χ1n) is 31.5. The summed E-state index contributed by atoms with van der Waals surface area (Å²) >= 11 is 0. The lowest BCUT2D eigenvalue weighted by atomic mass is 10.0.